The third kappa shape index (κ3) is 3.26. The molecular weight excluding hydrogens is 184 g/mol. The molecule has 0 saturated carbocycles. The fourth-order valence-corrected chi connectivity index (χ4v) is 1.09. The van der Waals surface area contributed by atoms with Crippen LogP contribution in [0.15, 0.2) is 4.52 Å². The van der Waals surface area contributed by atoms with E-state index in [0.717, 1.165) is 6.42 Å². The zero-order valence-corrected chi connectivity index (χ0v) is 8.45. The Balaban J connectivity index is 2.46. The van der Waals surface area contributed by atoms with Crippen LogP contribution in [-0.2, 0) is 22.6 Å². The van der Waals surface area contributed by atoms with E-state index < -0.39 is 0 Å². The molecule has 0 fully saturated rings. The quantitative estimate of drug-likeness (QED) is 0.685. The van der Waals surface area contributed by atoms with Crippen LogP contribution in [0.4, 0.5) is 0 Å². The lowest BCUT2D eigenvalue weighted by molar-refractivity contribution is -0.118. The van der Waals surface area contributed by atoms with Gasteiger partial charge in [0.25, 0.3) is 0 Å². The molecule has 0 bridgehead atoms. The number of carbonyl (C=O) groups is 1. The lowest BCUT2D eigenvalue weighted by Crippen LogP contribution is -2.02. The second-order valence-corrected chi connectivity index (χ2v) is 3.00. The van der Waals surface area contributed by atoms with Crippen LogP contribution in [0.2, 0.25) is 0 Å². The first-order chi connectivity index (χ1) is 6.76. The largest absolute Gasteiger partial charge is 0.377 e. The lowest BCUT2D eigenvalue weighted by atomic mass is 10.2. The van der Waals surface area contributed by atoms with Crippen LogP contribution >= 0.6 is 0 Å². The van der Waals surface area contributed by atoms with Crippen molar-refractivity contribution in [3.63, 3.8) is 0 Å². The number of methoxy groups -OCH3 is 1. The van der Waals surface area contributed by atoms with Gasteiger partial charge in [0.2, 0.25) is 5.89 Å². The molecule has 1 aromatic heterocycles. The van der Waals surface area contributed by atoms with Crippen molar-refractivity contribution in [2.75, 3.05) is 7.11 Å². The highest BCUT2D eigenvalue weighted by molar-refractivity contribution is 5.79. The van der Waals surface area contributed by atoms with E-state index in [-0.39, 0.29) is 12.2 Å². The monoisotopic (exact) mass is 198 g/mol. The van der Waals surface area contributed by atoms with Gasteiger partial charge in [-0.25, -0.2) is 0 Å². The van der Waals surface area contributed by atoms with Crippen LogP contribution in [0.3, 0.4) is 0 Å². The number of ketones is 1. The van der Waals surface area contributed by atoms with Gasteiger partial charge in [0.15, 0.2) is 5.82 Å². The molecule has 0 aliphatic rings. The second kappa shape index (κ2) is 5.49. The molecule has 0 aliphatic heterocycles. The van der Waals surface area contributed by atoms with Gasteiger partial charge in [0, 0.05) is 13.5 Å². The number of hydrogen-bond donors (Lipinski definition) is 0. The zero-order chi connectivity index (χ0) is 10.4. The maximum absolute atomic E-state index is 11.2. The van der Waals surface area contributed by atoms with Gasteiger partial charge in [-0.3, -0.25) is 4.79 Å². The van der Waals surface area contributed by atoms with Crippen LogP contribution < -0.4 is 0 Å². The summed E-state index contributed by atoms with van der Waals surface area (Å²) in [6.45, 7) is 2.27. The summed E-state index contributed by atoms with van der Waals surface area (Å²) in [5.74, 6) is 0.974. The highest BCUT2D eigenvalue weighted by atomic mass is 16.5. The zero-order valence-electron chi connectivity index (χ0n) is 8.45. The molecule has 0 saturated heterocycles. The Labute approximate surface area is 82.4 Å². The molecule has 0 unspecified atom stereocenters. The molecule has 5 heteroatoms. The molecule has 1 rings (SSSR count). The fraction of sp³-hybridized carbons (Fsp3) is 0.667. The topological polar surface area (TPSA) is 65.2 Å². The second-order valence-electron chi connectivity index (χ2n) is 3.00. The minimum absolute atomic E-state index is 0.125. The van der Waals surface area contributed by atoms with Crippen LogP contribution in [0, 0.1) is 0 Å². The van der Waals surface area contributed by atoms with Crippen molar-refractivity contribution in [3.05, 3.63) is 11.7 Å². The van der Waals surface area contributed by atoms with E-state index in [1.165, 1.54) is 0 Å². The summed E-state index contributed by atoms with van der Waals surface area (Å²) in [7, 11) is 1.55. The molecule has 0 atom stereocenters. The molecule has 5 nitrogen and oxygen atoms in total. The van der Waals surface area contributed by atoms with Gasteiger partial charge in [-0.1, -0.05) is 12.1 Å². The van der Waals surface area contributed by atoms with Crippen LogP contribution in [0.1, 0.15) is 31.5 Å². The van der Waals surface area contributed by atoms with E-state index in [4.69, 9.17) is 9.26 Å². The number of rotatable bonds is 6. The summed E-state index contributed by atoms with van der Waals surface area (Å²) in [6, 6.07) is 0. The van der Waals surface area contributed by atoms with E-state index in [0.29, 0.717) is 24.7 Å². The summed E-state index contributed by atoms with van der Waals surface area (Å²) < 4.78 is 9.70. The molecule has 1 aromatic rings. The molecule has 0 aromatic carbocycles. The van der Waals surface area contributed by atoms with Crippen molar-refractivity contribution < 1.29 is 14.1 Å². The Hall–Kier alpha value is -1.23. The Morgan fingerprint density at radius 3 is 3.00 bits per heavy atom. The summed E-state index contributed by atoms with van der Waals surface area (Å²) in [5, 5.41) is 3.66. The van der Waals surface area contributed by atoms with Crippen molar-refractivity contribution in [2.45, 2.75) is 32.8 Å². The lowest BCUT2D eigenvalue weighted by Gasteiger charge is -1.91. The van der Waals surface area contributed by atoms with E-state index in [2.05, 4.69) is 10.1 Å². The molecular formula is C9H14N2O3. The Morgan fingerprint density at radius 2 is 2.36 bits per heavy atom. The average molecular weight is 198 g/mol. The Bertz CT molecular complexity index is 296. The van der Waals surface area contributed by atoms with Crippen LogP contribution in [0.5, 0.6) is 0 Å². The highest BCUT2D eigenvalue weighted by Crippen LogP contribution is 2.02. The SMILES string of the molecule is CCCC(=O)Cc1nc(COC)no1. The summed E-state index contributed by atoms with van der Waals surface area (Å²) >= 11 is 0. The third-order valence-electron chi connectivity index (χ3n) is 1.66. The van der Waals surface area contributed by atoms with Crippen LogP contribution in [-0.4, -0.2) is 23.0 Å². The van der Waals surface area contributed by atoms with Crippen molar-refractivity contribution >= 4 is 5.78 Å². The smallest absolute Gasteiger partial charge is 0.234 e. The molecule has 0 amide bonds. The minimum atomic E-state index is 0.125. The van der Waals surface area contributed by atoms with E-state index >= 15 is 0 Å². The van der Waals surface area contributed by atoms with Gasteiger partial charge in [0.1, 0.15) is 12.4 Å². The third-order valence-corrected chi connectivity index (χ3v) is 1.66. The number of carbonyl (C=O) groups excluding carboxylic acids is 1. The molecule has 78 valence electrons. The maximum atomic E-state index is 11.2. The van der Waals surface area contributed by atoms with Gasteiger partial charge in [0.05, 0.1) is 6.42 Å². The number of aromatic nitrogens is 2. The van der Waals surface area contributed by atoms with Gasteiger partial charge in [-0.05, 0) is 6.42 Å². The number of Topliss-reactive ketones (excluding diaryl/α,β-unsaturated/α-hetero) is 1. The molecule has 0 spiro atoms. The van der Waals surface area contributed by atoms with Gasteiger partial charge in [-0.15, -0.1) is 0 Å². The number of nitrogens with zero attached hydrogens (tertiary/aromatic N) is 2. The Morgan fingerprint density at radius 1 is 1.57 bits per heavy atom. The van der Waals surface area contributed by atoms with Crippen molar-refractivity contribution in [1.82, 2.24) is 10.1 Å². The predicted octanol–water partition coefficient (Wildman–Crippen LogP) is 1.13. The van der Waals surface area contributed by atoms with Gasteiger partial charge >= 0.3 is 0 Å². The molecule has 0 radical (unpaired) electrons. The van der Waals surface area contributed by atoms with Crippen molar-refractivity contribution in [2.24, 2.45) is 0 Å². The fourth-order valence-electron chi connectivity index (χ4n) is 1.09. The predicted molar refractivity (Wildman–Crippen MR) is 48.6 cm³/mol. The molecule has 14 heavy (non-hydrogen) atoms. The van der Waals surface area contributed by atoms with Crippen molar-refractivity contribution in [1.29, 1.82) is 0 Å². The first-order valence-electron chi connectivity index (χ1n) is 4.58. The highest BCUT2D eigenvalue weighted by Gasteiger charge is 2.10. The van der Waals surface area contributed by atoms with Gasteiger partial charge < -0.3 is 9.26 Å². The van der Waals surface area contributed by atoms with E-state index in [1.807, 2.05) is 6.92 Å². The van der Waals surface area contributed by atoms with Crippen LogP contribution in [0.25, 0.3) is 0 Å². The van der Waals surface area contributed by atoms with Crippen molar-refractivity contribution in [3.8, 4) is 0 Å². The maximum Gasteiger partial charge on any atom is 0.234 e. The standard InChI is InChI=1S/C9H14N2O3/c1-3-4-7(12)5-9-10-8(6-13-2)11-14-9/h3-6H2,1-2H3. The average Bonchev–Trinajstić information content (AvgIpc) is 2.53. The molecule has 0 aliphatic carbocycles. The first kappa shape index (κ1) is 10.8. The summed E-state index contributed by atoms with van der Waals surface area (Å²) in [5.41, 5.74) is 0. The summed E-state index contributed by atoms with van der Waals surface area (Å²) in [4.78, 5) is 15.2. The van der Waals surface area contributed by atoms with E-state index in [1.54, 1.807) is 7.11 Å². The Kier molecular flexibility index (Phi) is 4.25. The van der Waals surface area contributed by atoms with Gasteiger partial charge in [-0.2, -0.15) is 4.98 Å². The molecule has 0 N–H and O–H groups in total. The van der Waals surface area contributed by atoms with E-state index in [9.17, 15) is 4.79 Å². The first-order valence-corrected chi connectivity index (χ1v) is 4.58. The normalized spacial score (nSPS) is 10.4. The molecule has 1 heterocycles. The number of ether oxygens (including phenoxy) is 1. The number of hydrogen-bond acceptors (Lipinski definition) is 5. The minimum Gasteiger partial charge on any atom is -0.377 e. The summed E-state index contributed by atoms with van der Waals surface area (Å²) in [6.07, 6.45) is 1.63.